The van der Waals surface area contributed by atoms with E-state index in [4.69, 9.17) is 23.8 Å². The van der Waals surface area contributed by atoms with Gasteiger partial charge >= 0.3 is 11.8 Å². The molecule has 0 saturated carbocycles. The molecule has 3 aliphatic heterocycles. The minimum atomic E-state index is -2.06. The standard InChI is InChI=1S/C45H62N2O13/c1-12-15-29(16-13-2)60-46-21-30-35-40(53)33-32(39(30)52)34-42(27(8)38(33)51)59-45(10,43(34)54)57-20-19-31(56-11)24(5)41(58-28(9)48)26(7)37(50)25(6)36(49)22(3)17-14-18-23(4)44(55)47-35/h14,17-22,24-26,29,31,36-37,41,49-53H,12-13,15-16H2,1-11H3,(H,47,55)/b17-14+,20-19+,23-18-,46-21+/t22-,24+,25+,26+,31-,36-,37+,41+,45-/m0/s1. The van der Waals surface area contributed by atoms with Gasteiger partial charge in [0, 0.05) is 61.2 Å². The number of ether oxygens (including phenoxy) is 4. The highest BCUT2D eigenvalue weighted by atomic mass is 16.7. The van der Waals surface area contributed by atoms with Crippen molar-refractivity contribution in [3.05, 3.63) is 52.8 Å². The molecule has 9 atom stereocenters. The second-order valence-electron chi connectivity index (χ2n) is 16.2. The molecule has 5 bridgehead atoms. The molecule has 3 heterocycles. The van der Waals surface area contributed by atoms with Gasteiger partial charge in [0.05, 0.1) is 53.0 Å². The molecule has 3 aliphatic rings. The SMILES string of the molecule is CCCC(CCC)O/N=C/c1c2c(O)c3c(O)c(C)c4c(c3c1O)C(=O)[C@@](C)(O/C=C/[C@H](OC)[C@@H](C)[C@@H](OC(C)=O)[C@H](C)[C@H](O)[C@H](C)[C@@H](O)[C@@H](C)/C=C/C=C(/C)C(=O)N2)O4. The molecule has 0 unspecified atom stereocenters. The van der Waals surface area contributed by atoms with Crippen LogP contribution >= 0.6 is 0 Å². The van der Waals surface area contributed by atoms with Crippen LogP contribution in [-0.2, 0) is 28.6 Å². The van der Waals surface area contributed by atoms with E-state index < -0.39 is 88.8 Å². The van der Waals surface area contributed by atoms with Gasteiger partial charge in [0.1, 0.15) is 29.5 Å². The van der Waals surface area contributed by atoms with E-state index in [1.807, 2.05) is 13.8 Å². The van der Waals surface area contributed by atoms with Gasteiger partial charge in [0.25, 0.3) is 11.7 Å². The lowest BCUT2D eigenvalue weighted by Gasteiger charge is -2.38. The first kappa shape index (κ1) is 47.6. The average molecular weight is 839 g/mol. The van der Waals surface area contributed by atoms with Crippen LogP contribution in [0.5, 0.6) is 23.0 Å². The van der Waals surface area contributed by atoms with Crippen molar-refractivity contribution in [2.24, 2.45) is 28.8 Å². The molecule has 2 aromatic carbocycles. The number of carbonyl (C=O) groups is 3. The second-order valence-corrected chi connectivity index (χ2v) is 16.2. The number of aliphatic hydroxyl groups excluding tert-OH is 2. The van der Waals surface area contributed by atoms with Crippen LogP contribution < -0.4 is 10.1 Å². The molecule has 0 fully saturated rings. The second kappa shape index (κ2) is 20.0. The number of aliphatic hydroxyl groups is 2. The Morgan fingerprint density at radius 1 is 0.950 bits per heavy atom. The topological polar surface area (TPSA) is 223 Å². The fourth-order valence-corrected chi connectivity index (χ4v) is 7.94. The van der Waals surface area contributed by atoms with E-state index in [-0.39, 0.29) is 50.6 Å². The zero-order valence-corrected chi connectivity index (χ0v) is 36.4. The number of esters is 1. The van der Waals surface area contributed by atoms with Gasteiger partial charge in [-0.25, -0.2) is 0 Å². The maximum atomic E-state index is 14.4. The number of methoxy groups -OCH3 is 1. The molecule has 0 aliphatic carbocycles. The number of rotatable bonds is 9. The van der Waals surface area contributed by atoms with Gasteiger partial charge in [-0.15, -0.1) is 0 Å². The van der Waals surface area contributed by atoms with Crippen LogP contribution in [0.15, 0.2) is 41.3 Å². The first-order valence-electron chi connectivity index (χ1n) is 20.5. The molecule has 60 heavy (non-hydrogen) atoms. The van der Waals surface area contributed by atoms with E-state index >= 15 is 0 Å². The van der Waals surface area contributed by atoms with Crippen molar-refractivity contribution in [2.45, 2.75) is 131 Å². The summed E-state index contributed by atoms with van der Waals surface area (Å²) in [6, 6.07) is 0. The number of Topliss-reactive ketones (excluding diaryl/α,β-unsaturated/α-hetero) is 1. The fraction of sp³-hybridized carbons (Fsp3) is 0.556. The average Bonchev–Trinajstić information content (AvgIpc) is 3.47. The van der Waals surface area contributed by atoms with E-state index in [9.17, 15) is 39.9 Å². The Morgan fingerprint density at radius 2 is 1.60 bits per heavy atom. The Hall–Kier alpha value is -5.12. The van der Waals surface area contributed by atoms with Crippen LogP contribution in [0.25, 0.3) is 10.8 Å². The minimum Gasteiger partial charge on any atom is -0.507 e. The van der Waals surface area contributed by atoms with E-state index in [1.165, 1.54) is 53.2 Å². The molecule has 0 spiro atoms. The maximum absolute atomic E-state index is 14.4. The highest BCUT2D eigenvalue weighted by Gasteiger charge is 2.50. The minimum absolute atomic E-state index is 0.0401. The first-order chi connectivity index (χ1) is 28.3. The predicted molar refractivity (Wildman–Crippen MR) is 226 cm³/mol. The largest absolute Gasteiger partial charge is 0.507 e. The lowest BCUT2D eigenvalue weighted by molar-refractivity contribution is -0.160. The Bertz CT molecular complexity index is 2030. The summed E-state index contributed by atoms with van der Waals surface area (Å²) < 4.78 is 23.6. The molecule has 0 aromatic heterocycles. The van der Waals surface area contributed by atoms with Crippen molar-refractivity contribution in [2.75, 3.05) is 12.4 Å². The number of fused-ring (bicyclic) bond motifs is 14. The Morgan fingerprint density at radius 3 is 2.20 bits per heavy atom. The molecular weight excluding hydrogens is 776 g/mol. The van der Waals surface area contributed by atoms with E-state index in [0.717, 1.165) is 19.1 Å². The Kier molecular flexibility index (Phi) is 15.8. The van der Waals surface area contributed by atoms with Gasteiger partial charge in [-0.1, -0.05) is 77.8 Å². The van der Waals surface area contributed by atoms with E-state index in [0.29, 0.717) is 12.8 Å². The van der Waals surface area contributed by atoms with Crippen LogP contribution in [0.1, 0.15) is 109 Å². The molecule has 330 valence electrons. The molecule has 5 rings (SSSR count). The zero-order valence-electron chi connectivity index (χ0n) is 36.4. The smallest absolute Gasteiger partial charge is 0.312 e. The van der Waals surface area contributed by atoms with Crippen molar-refractivity contribution in [1.29, 1.82) is 0 Å². The third-order valence-electron chi connectivity index (χ3n) is 11.6. The van der Waals surface area contributed by atoms with Gasteiger partial charge in [0.2, 0.25) is 0 Å². The molecule has 1 amide bonds. The fourth-order valence-electron chi connectivity index (χ4n) is 7.94. The van der Waals surface area contributed by atoms with Crippen LogP contribution in [0.3, 0.4) is 0 Å². The summed E-state index contributed by atoms with van der Waals surface area (Å²) in [5, 5.41) is 64.5. The number of hydrogen-bond acceptors (Lipinski definition) is 14. The third kappa shape index (κ3) is 9.74. The van der Waals surface area contributed by atoms with Crippen LogP contribution in [0, 0.1) is 30.6 Å². The quantitative estimate of drug-likeness (QED) is 0.0489. The summed E-state index contributed by atoms with van der Waals surface area (Å²) in [7, 11) is 1.43. The number of hydrogen-bond donors (Lipinski definition) is 6. The summed E-state index contributed by atoms with van der Waals surface area (Å²) in [5.74, 6) is -8.57. The summed E-state index contributed by atoms with van der Waals surface area (Å²) in [6.45, 7) is 16.5. The predicted octanol–water partition coefficient (Wildman–Crippen LogP) is 7.07. The number of nitrogens with zero attached hydrogens (tertiary/aromatic N) is 1. The number of oxime groups is 1. The van der Waals surface area contributed by atoms with Gasteiger partial charge in [-0.2, -0.15) is 0 Å². The monoisotopic (exact) mass is 838 g/mol. The van der Waals surface area contributed by atoms with Crippen molar-refractivity contribution < 1.29 is 63.7 Å². The molecular formula is C45H62N2O13. The lowest BCUT2D eigenvalue weighted by Crippen LogP contribution is -2.46. The van der Waals surface area contributed by atoms with E-state index in [1.54, 1.807) is 39.8 Å². The maximum Gasteiger partial charge on any atom is 0.312 e. The number of benzene rings is 2. The lowest BCUT2D eigenvalue weighted by atomic mass is 9.78. The summed E-state index contributed by atoms with van der Waals surface area (Å²) in [4.78, 5) is 46.3. The molecule has 2 aromatic rings. The Labute approximate surface area is 351 Å². The number of anilines is 1. The Balaban J connectivity index is 1.97. The number of phenols is 3. The van der Waals surface area contributed by atoms with Gasteiger partial charge < -0.3 is 54.6 Å². The van der Waals surface area contributed by atoms with Gasteiger partial charge in [-0.05, 0) is 32.8 Å². The highest BCUT2D eigenvalue weighted by molar-refractivity contribution is 6.23. The first-order valence-corrected chi connectivity index (χ1v) is 20.5. The van der Waals surface area contributed by atoms with Crippen LogP contribution in [0.2, 0.25) is 0 Å². The van der Waals surface area contributed by atoms with Crippen molar-refractivity contribution in [3.63, 3.8) is 0 Å². The number of amides is 1. The number of phenolic OH excluding ortho intramolecular Hbond substituents is 3. The summed E-state index contributed by atoms with van der Waals surface area (Å²) in [5.41, 5.74) is -0.552. The number of ketones is 1. The summed E-state index contributed by atoms with van der Waals surface area (Å²) >= 11 is 0. The van der Waals surface area contributed by atoms with Crippen molar-refractivity contribution in [3.8, 4) is 23.0 Å². The number of allylic oxidation sites excluding steroid dienone is 2. The summed E-state index contributed by atoms with van der Waals surface area (Å²) in [6.07, 6.45) is 7.41. The van der Waals surface area contributed by atoms with Crippen LogP contribution in [-0.4, -0.2) is 92.8 Å². The highest BCUT2D eigenvalue weighted by Crippen LogP contribution is 2.55. The molecule has 6 N–H and O–H groups in total. The number of carbonyl (C=O) groups excluding carboxylic acids is 3. The molecule has 15 nitrogen and oxygen atoms in total. The molecule has 15 heteroatoms. The van der Waals surface area contributed by atoms with Gasteiger partial charge in [-0.3, -0.25) is 14.4 Å². The normalized spacial score (nSPS) is 29.9. The number of nitrogens with one attached hydrogen (secondary N) is 1. The van der Waals surface area contributed by atoms with Crippen molar-refractivity contribution in [1.82, 2.24) is 0 Å². The zero-order chi connectivity index (χ0) is 44.8. The van der Waals surface area contributed by atoms with Gasteiger partial charge in [0.15, 0.2) is 5.75 Å². The molecule has 0 saturated heterocycles. The van der Waals surface area contributed by atoms with E-state index in [2.05, 4.69) is 10.5 Å². The van der Waals surface area contributed by atoms with Crippen molar-refractivity contribution >= 4 is 40.3 Å². The molecule has 0 radical (unpaired) electrons. The third-order valence-corrected chi connectivity index (χ3v) is 11.6. The number of aromatic hydroxyl groups is 3. The van der Waals surface area contributed by atoms with Crippen LogP contribution in [0.4, 0.5) is 5.69 Å².